The van der Waals surface area contributed by atoms with Crippen LogP contribution in [0.3, 0.4) is 0 Å². The third-order valence-corrected chi connectivity index (χ3v) is 5.75. The van der Waals surface area contributed by atoms with Gasteiger partial charge in [-0.15, -0.1) is 24.0 Å². The van der Waals surface area contributed by atoms with Gasteiger partial charge >= 0.3 is 0 Å². The van der Waals surface area contributed by atoms with Gasteiger partial charge in [0.05, 0.1) is 0 Å². The Kier molecular flexibility index (Phi) is 8.83. The summed E-state index contributed by atoms with van der Waals surface area (Å²) in [5.41, 5.74) is 2.68. The number of rotatable bonds is 5. The lowest BCUT2D eigenvalue weighted by Gasteiger charge is -2.36. The van der Waals surface area contributed by atoms with Gasteiger partial charge in [-0.25, -0.2) is 9.37 Å². The number of piperazine rings is 1. The lowest BCUT2D eigenvalue weighted by atomic mass is 10.1. The molecule has 4 rings (SSSR count). The maximum absolute atomic E-state index is 14.1. The van der Waals surface area contributed by atoms with E-state index in [1.54, 1.807) is 19.2 Å². The van der Waals surface area contributed by atoms with Crippen LogP contribution in [-0.2, 0) is 13.1 Å². The van der Waals surface area contributed by atoms with Crippen LogP contribution < -0.4 is 5.32 Å². The van der Waals surface area contributed by atoms with E-state index in [1.807, 2.05) is 12.1 Å². The molecule has 0 bridgehead atoms. The number of nitrogens with one attached hydrogen (secondary N) is 2. The highest BCUT2D eigenvalue weighted by Gasteiger charge is 2.21. The maximum Gasteiger partial charge on any atom is 0.194 e. The summed E-state index contributed by atoms with van der Waals surface area (Å²) in [5, 5.41) is 10.7. The zero-order chi connectivity index (χ0) is 21.6. The predicted octanol–water partition coefficient (Wildman–Crippen LogP) is 3.78. The second-order valence-electron chi connectivity index (χ2n) is 7.40. The standard InChI is InChI=1S/C22H25ClFN7.HI/c1-25-22(26-13-16-4-2-5-17(12-16)21-27-15-28-29-21)31-10-8-30(9-11-31)14-18-19(23)6-3-7-20(18)24;/h2-7,12,15H,8-11,13-14H2,1H3,(H,25,26)(H,27,28,29);1H. The van der Waals surface area contributed by atoms with E-state index in [2.05, 4.69) is 47.4 Å². The predicted molar refractivity (Wildman–Crippen MR) is 136 cm³/mol. The van der Waals surface area contributed by atoms with Crippen LogP contribution in [0.4, 0.5) is 4.39 Å². The largest absolute Gasteiger partial charge is 0.352 e. The minimum Gasteiger partial charge on any atom is -0.352 e. The van der Waals surface area contributed by atoms with Crippen LogP contribution in [-0.4, -0.2) is 64.2 Å². The quantitative estimate of drug-likeness (QED) is 0.278. The first-order valence-corrected chi connectivity index (χ1v) is 10.6. The molecule has 7 nitrogen and oxygen atoms in total. The molecule has 0 aliphatic carbocycles. The lowest BCUT2D eigenvalue weighted by Crippen LogP contribution is -2.52. The first-order valence-electron chi connectivity index (χ1n) is 10.2. The number of nitrogens with zero attached hydrogens (tertiary/aromatic N) is 5. The first kappa shape index (κ1) is 24.4. The smallest absolute Gasteiger partial charge is 0.194 e. The van der Waals surface area contributed by atoms with Crippen LogP contribution in [0.25, 0.3) is 11.4 Å². The van der Waals surface area contributed by atoms with E-state index in [4.69, 9.17) is 11.6 Å². The molecular formula is C22H26ClFIN7. The first-order chi connectivity index (χ1) is 15.1. The summed E-state index contributed by atoms with van der Waals surface area (Å²) in [4.78, 5) is 13.1. The molecule has 2 heterocycles. The molecule has 0 radical (unpaired) electrons. The molecule has 32 heavy (non-hydrogen) atoms. The van der Waals surface area contributed by atoms with E-state index in [-0.39, 0.29) is 29.8 Å². The molecular weight excluding hydrogens is 544 g/mol. The Morgan fingerprint density at radius 2 is 1.97 bits per heavy atom. The fraction of sp³-hybridized carbons (Fsp3) is 0.318. The Morgan fingerprint density at radius 3 is 2.66 bits per heavy atom. The topological polar surface area (TPSA) is 72.4 Å². The number of benzene rings is 2. The summed E-state index contributed by atoms with van der Waals surface area (Å²) in [6.07, 6.45) is 1.50. The number of guanidine groups is 1. The Hall–Kier alpha value is -2.24. The van der Waals surface area contributed by atoms with E-state index >= 15 is 0 Å². The van der Waals surface area contributed by atoms with E-state index in [1.165, 1.54) is 12.4 Å². The summed E-state index contributed by atoms with van der Waals surface area (Å²) in [6.45, 7) is 4.41. The fourth-order valence-electron chi connectivity index (χ4n) is 3.71. The molecule has 2 aromatic carbocycles. The number of aromatic nitrogens is 3. The highest BCUT2D eigenvalue weighted by molar-refractivity contribution is 14.0. The number of halogens is 3. The highest BCUT2D eigenvalue weighted by Crippen LogP contribution is 2.21. The summed E-state index contributed by atoms with van der Waals surface area (Å²) in [6, 6.07) is 13.0. The van der Waals surface area contributed by atoms with Gasteiger partial charge < -0.3 is 10.2 Å². The van der Waals surface area contributed by atoms with Gasteiger partial charge in [0, 0.05) is 62.5 Å². The van der Waals surface area contributed by atoms with Crippen molar-refractivity contribution in [1.82, 2.24) is 30.3 Å². The SMILES string of the molecule is CN=C(NCc1cccc(-c2ncn[nH]2)c1)N1CCN(Cc2c(F)cccc2Cl)CC1.I. The zero-order valence-electron chi connectivity index (χ0n) is 17.8. The van der Waals surface area contributed by atoms with Gasteiger partial charge in [0.1, 0.15) is 12.1 Å². The van der Waals surface area contributed by atoms with Crippen molar-refractivity contribution in [3.63, 3.8) is 0 Å². The minimum absolute atomic E-state index is 0. The van der Waals surface area contributed by atoms with Crippen molar-refractivity contribution in [2.75, 3.05) is 33.2 Å². The van der Waals surface area contributed by atoms with Gasteiger partial charge in [0.2, 0.25) is 0 Å². The van der Waals surface area contributed by atoms with Gasteiger partial charge in [-0.1, -0.05) is 35.9 Å². The van der Waals surface area contributed by atoms with Crippen LogP contribution in [0, 0.1) is 5.82 Å². The molecule has 0 spiro atoms. The Labute approximate surface area is 209 Å². The third kappa shape index (κ3) is 5.96. The Morgan fingerprint density at radius 1 is 1.19 bits per heavy atom. The molecule has 1 fully saturated rings. The maximum atomic E-state index is 14.1. The van der Waals surface area contributed by atoms with Crippen molar-refractivity contribution >= 4 is 41.5 Å². The third-order valence-electron chi connectivity index (χ3n) is 5.39. The van der Waals surface area contributed by atoms with Crippen molar-refractivity contribution in [3.05, 3.63) is 70.8 Å². The fourth-order valence-corrected chi connectivity index (χ4v) is 3.93. The molecule has 170 valence electrons. The van der Waals surface area contributed by atoms with Crippen molar-refractivity contribution < 1.29 is 4.39 Å². The second kappa shape index (κ2) is 11.6. The monoisotopic (exact) mass is 569 g/mol. The van der Waals surface area contributed by atoms with E-state index in [0.717, 1.165) is 49.1 Å². The molecule has 2 N–H and O–H groups in total. The van der Waals surface area contributed by atoms with Crippen LogP contribution in [0.5, 0.6) is 0 Å². The molecule has 0 amide bonds. The van der Waals surface area contributed by atoms with Gasteiger partial charge in [-0.2, -0.15) is 5.10 Å². The minimum atomic E-state index is -0.250. The number of H-pyrrole nitrogens is 1. The molecule has 1 aliphatic rings. The molecule has 10 heteroatoms. The van der Waals surface area contributed by atoms with Crippen LogP contribution >= 0.6 is 35.6 Å². The van der Waals surface area contributed by atoms with Gasteiger partial charge in [0.15, 0.2) is 11.8 Å². The van der Waals surface area contributed by atoms with E-state index in [0.29, 0.717) is 23.7 Å². The summed E-state index contributed by atoms with van der Waals surface area (Å²) in [7, 11) is 1.79. The zero-order valence-corrected chi connectivity index (χ0v) is 20.8. The number of aliphatic imine (C=N–C) groups is 1. The number of hydrogen-bond donors (Lipinski definition) is 2. The van der Waals surface area contributed by atoms with E-state index in [9.17, 15) is 4.39 Å². The lowest BCUT2D eigenvalue weighted by molar-refractivity contribution is 0.171. The molecule has 0 atom stereocenters. The molecule has 1 aromatic heterocycles. The van der Waals surface area contributed by atoms with Gasteiger partial charge in [-0.05, 0) is 23.8 Å². The highest BCUT2D eigenvalue weighted by atomic mass is 127. The van der Waals surface area contributed by atoms with Crippen LogP contribution in [0.15, 0.2) is 53.8 Å². The normalized spacial score (nSPS) is 14.8. The van der Waals surface area contributed by atoms with Gasteiger partial charge in [-0.3, -0.25) is 15.0 Å². The van der Waals surface area contributed by atoms with Gasteiger partial charge in [0.25, 0.3) is 0 Å². The summed E-state index contributed by atoms with van der Waals surface area (Å²) < 4.78 is 14.1. The second-order valence-corrected chi connectivity index (χ2v) is 7.81. The molecule has 3 aromatic rings. The van der Waals surface area contributed by atoms with Crippen molar-refractivity contribution in [3.8, 4) is 11.4 Å². The molecule has 0 saturated carbocycles. The van der Waals surface area contributed by atoms with Crippen molar-refractivity contribution in [2.45, 2.75) is 13.1 Å². The Bertz CT molecular complexity index is 1020. The van der Waals surface area contributed by atoms with Crippen LogP contribution in [0.2, 0.25) is 5.02 Å². The van der Waals surface area contributed by atoms with Crippen molar-refractivity contribution in [1.29, 1.82) is 0 Å². The van der Waals surface area contributed by atoms with Crippen LogP contribution in [0.1, 0.15) is 11.1 Å². The molecule has 0 unspecified atom stereocenters. The summed E-state index contributed by atoms with van der Waals surface area (Å²) >= 11 is 6.18. The number of aromatic amines is 1. The van der Waals surface area contributed by atoms with E-state index < -0.39 is 0 Å². The average Bonchev–Trinajstić information content (AvgIpc) is 3.33. The number of hydrogen-bond acceptors (Lipinski definition) is 4. The molecule has 1 saturated heterocycles. The van der Waals surface area contributed by atoms with Crippen molar-refractivity contribution in [2.24, 2.45) is 4.99 Å². The Balaban J connectivity index is 0.00000289. The molecule has 1 aliphatic heterocycles. The average molecular weight is 570 g/mol. The summed E-state index contributed by atoms with van der Waals surface area (Å²) in [5.74, 6) is 1.35.